The first kappa shape index (κ1) is 20.4. The van der Waals surface area contributed by atoms with E-state index >= 15 is 0 Å². The van der Waals surface area contributed by atoms with Crippen LogP contribution in [0.25, 0.3) is 5.82 Å². The minimum atomic E-state index is -3.78. The molecule has 0 bridgehead atoms. The van der Waals surface area contributed by atoms with Gasteiger partial charge < -0.3 is 4.90 Å². The molecule has 3 aromatic rings. The number of sulfonamides is 1. The van der Waals surface area contributed by atoms with Gasteiger partial charge in [0.1, 0.15) is 35.4 Å². The van der Waals surface area contributed by atoms with E-state index < -0.39 is 27.4 Å². The molecule has 1 saturated heterocycles. The number of rotatable bonds is 5. The summed E-state index contributed by atoms with van der Waals surface area (Å²) in [4.78, 5) is 14.9. The molecule has 1 aliphatic heterocycles. The summed E-state index contributed by atoms with van der Waals surface area (Å²) in [5.41, 5.74) is -0.172. The fraction of sp³-hybridized carbons (Fsp3) is 0.316. The zero-order chi connectivity index (χ0) is 21.3. The van der Waals surface area contributed by atoms with Crippen LogP contribution in [0.15, 0.2) is 43.0 Å². The topological polar surface area (TPSA) is 84.2 Å². The molecule has 0 spiro atoms. The van der Waals surface area contributed by atoms with Gasteiger partial charge in [0.2, 0.25) is 10.0 Å². The summed E-state index contributed by atoms with van der Waals surface area (Å²) in [5, 5.41) is 0. The van der Waals surface area contributed by atoms with Crippen LogP contribution < -0.4 is 4.90 Å². The minimum absolute atomic E-state index is 0.172. The van der Waals surface area contributed by atoms with Gasteiger partial charge in [-0.1, -0.05) is 0 Å². The Bertz CT molecular complexity index is 1150. The van der Waals surface area contributed by atoms with Crippen molar-refractivity contribution in [1.29, 1.82) is 0 Å². The van der Waals surface area contributed by atoms with Gasteiger partial charge in [0.05, 0.1) is 5.75 Å². The van der Waals surface area contributed by atoms with Crippen molar-refractivity contribution in [2.24, 2.45) is 0 Å². The van der Waals surface area contributed by atoms with Gasteiger partial charge in [-0.05, 0) is 25.1 Å². The molecule has 0 saturated carbocycles. The predicted molar refractivity (Wildman–Crippen MR) is 107 cm³/mol. The standard InChI is InChI=1S/C19H20F2N6O2S/c1-14-23-18(11-19(24-14)26-5-4-22-13-26)25-6-8-27(9-7-25)30(28,29)12-15-10-16(20)2-3-17(15)21/h2-5,10-11,13H,6-9,12H2,1H3. The molecule has 1 aliphatic rings. The molecule has 8 nitrogen and oxygen atoms in total. The quantitative estimate of drug-likeness (QED) is 0.610. The van der Waals surface area contributed by atoms with Crippen LogP contribution in [-0.2, 0) is 15.8 Å². The second-order valence-electron chi connectivity index (χ2n) is 6.98. The summed E-state index contributed by atoms with van der Waals surface area (Å²) in [6, 6.07) is 4.64. The van der Waals surface area contributed by atoms with Crippen LogP contribution in [-0.4, -0.2) is 58.4 Å². The Kier molecular flexibility index (Phi) is 5.48. The van der Waals surface area contributed by atoms with Gasteiger partial charge in [0, 0.05) is 50.2 Å². The van der Waals surface area contributed by atoms with E-state index in [1.165, 1.54) is 4.31 Å². The van der Waals surface area contributed by atoms with Gasteiger partial charge in [0.25, 0.3) is 0 Å². The first-order chi connectivity index (χ1) is 14.3. The van der Waals surface area contributed by atoms with E-state index in [9.17, 15) is 17.2 Å². The maximum Gasteiger partial charge on any atom is 0.218 e. The van der Waals surface area contributed by atoms with Crippen LogP contribution in [0.1, 0.15) is 11.4 Å². The number of piperazine rings is 1. The normalized spacial score (nSPS) is 15.5. The third kappa shape index (κ3) is 4.31. The SMILES string of the molecule is Cc1nc(N2CCN(S(=O)(=O)Cc3cc(F)ccc3F)CC2)cc(-n2ccnc2)n1. The predicted octanol–water partition coefficient (Wildman–Crippen LogP) is 1.90. The van der Waals surface area contributed by atoms with Crippen molar-refractivity contribution in [1.82, 2.24) is 23.8 Å². The van der Waals surface area contributed by atoms with Crippen LogP contribution in [0.5, 0.6) is 0 Å². The lowest BCUT2D eigenvalue weighted by molar-refractivity contribution is 0.382. The zero-order valence-electron chi connectivity index (χ0n) is 16.2. The van der Waals surface area contributed by atoms with Crippen LogP contribution in [0.3, 0.4) is 0 Å². The highest BCUT2D eigenvalue weighted by atomic mass is 32.2. The molecule has 11 heteroatoms. The van der Waals surface area contributed by atoms with Crippen molar-refractivity contribution in [3.8, 4) is 5.82 Å². The third-order valence-electron chi connectivity index (χ3n) is 4.88. The van der Waals surface area contributed by atoms with E-state index in [1.807, 2.05) is 11.0 Å². The van der Waals surface area contributed by atoms with Gasteiger partial charge in [0.15, 0.2) is 0 Å². The summed E-state index contributed by atoms with van der Waals surface area (Å²) in [6.45, 7) is 3.08. The minimum Gasteiger partial charge on any atom is -0.354 e. The number of benzene rings is 1. The number of imidazole rings is 1. The van der Waals surface area contributed by atoms with Crippen LogP contribution >= 0.6 is 0 Å². The smallest absolute Gasteiger partial charge is 0.218 e. The first-order valence-corrected chi connectivity index (χ1v) is 10.9. The van der Waals surface area contributed by atoms with Gasteiger partial charge >= 0.3 is 0 Å². The average Bonchev–Trinajstić information content (AvgIpc) is 3.25. The number of aryl methyl sites for hydroxylation is 1. The highest BCUT2D eigenvalue weighted by Gasteiger charge is 2.29. The summed E-state index contributed by atoms with van der Waals surface area (Å²) >= 11 is 0. The average molecular weight is 434 g/mol. The fourth-order valence-corrected chi connectivity index (χ4v) is 4.88. The lowest BCUT2D eigenvalue weighted by Gasteiger charge is -2.34. The Morgan fingerprint density at radius 1 is 1.03 bits per heavy atom. The molecular weight excluding hydrogens is 414 g/mol. The van der Waals surface area contributed by atoms with Gasteiger partial charge in [-0.2, -0.15) is 4.31 Å². The molecule has 158 valence electrons. The molecule has 4 rings (SSSR count). The van der Waals surface area contributed by atoms with E-state index in [-0.39, 0.29) is 18.7 Å². The summed E-state index contributed by atoms with van der Waals surface area (Å²) in [7, 11) is -3.78. The Labute approximate surface area is 172 Å². The second kappa shape index (κ2) is 8.07. The molecule has 3 heterocycles. The molecule has 0 radical (unpaired) electrons. The summed E-state index contributed by atoms with van der Waals surface area (Å²) in [6.07, 6.45) is 5.07. The first-order valence-electron chi connectivity index (χ1n) is 9.32. The van der Waals surface area contributed by atoms with E-state index in [4.69, 9.17) is 0 Å². The molecule has 0 N–H and O–H groups in total. The Balaban J connectivity index is 1.47. The monoisotopic (exact) mass is 434 g/mol. The molecule has 0 unspecified atom stereocenters. The van der Waals surface area contributed by atoms with Gasteiger partial charge in [-0.25, -0.2) is 32.2 Å². The van der Waals surface area contributed by atoms with Crippen molar-refractivity contribution >= 4 is 15.8 Å². The lowest BCUT2D eigenvalue weighted by atomic mass is 10.2. The Morgan fingerprint density at radius 2 is 1.77 bits per heavy atom. The molecule has 1 aromatic carbocycles. The third-order valence-corrected chi connectivity index (χ3v) is 6.71. The second-order valence-corrected chi connectivity index (χ2v) is 8.95. The largest absolute Gasteiger partial charge is 0.354 e. The number of aromatic nitrogens is 4. The van der Waals surface area contributed by atoms with Crippen molar-refractivity contribution in [3.63, 3.8) is 0 Å². The van der Waals surface area contributed by atoms with Crippen molar-refractivity contribution in [2.75, 3.05) is 31.1 Å². The van der Waals surface area contributed by atoms with E-state index in [2.05, 4.69) is 15.0 Å². The molecule has 0 atom stereocenters. The number of anilines is 1. The lowest BCUT2D eigenvalue weighted by Crippen LogP contribution is -2.49. The summed E-state index contributed by atoms with van der Waals surface area (Å²) in [5.74, 6) is -0.0196. The van der Waals surface area contributed by atoms with Gasteiger partial charge in [-0.3, -0.25) is 4.57 Å². The number of halogens is 2. The van der Waals surface area contributed by atoms with Crippen LogP contribution in [0.2, 0.25) is 0 Å². The maximum atomic E-state index is 13.9. The molecule has 30 heavy (non-hydrogen) atoms. The molecule has 1 fully saturated rings. The van der Waals surface area contributed by atoms with Crippen LogP contribution in [0.4, 0.5) is 14.6 Å². The summed E-state index contributed by atoms with van der Waals surface area (Å²) < 4.78 is 55.7. The Morgan fingerprint density at radius 3 is 2.47 bits per heavy atom. The van der Waals surface area contributed by atoms with E-state index in [0.717, 1.165) is 18.2 Å². The number of nitrogens with zero attached hydrogens (tertiary/aromatic N) is 6. The van der Waals surface area contributed by atoms with E-state index in [1.54, 1.807) is 30.2 Å². The molecular formula is C19H20F2N6O2S. The number of hydrogen-bond acceptors (Lipinski definition) is 6. The highest BCUT2D eigenvalue weighted by Crippen LogP contribution is 2.21. The molecule has 0 amide bonds. The van der Waals surface area contributed by atoms with Crippen LogP contribution in [0, 0.1) is 18.6 Å². The van der Waals surface area contributed by atoms with Crippen molar-refractivity contribution in [2.45, 2.75) is 12.7 Å². The number of hydrogen-bond donors (Lipinski definition) is 0. The maximum absolute atomic E-state index is 13.9. The fourth-order valence-electron chi connectivity index (χ4n) is 3.36. The van der Waals surface area contributed by atoms with Crippen molar-refractivity contribution < 1.29 is 17.2 Å². The Hall–Kier alpha value is -2.92. The highest BCUT2D eigenvalue weighted by molar-refractivity contribution is 7.88. The molecule has 0 aliphatic carbocycles. The van der Waals surface area contributed by atoms with Crippen molar-refractivity contribution in [3.05, 3.63) is 66.0 Å². The molecule has 2 aromatic heterocycles. The van der Waals surface area contributed by atoms with E-state index in [0.29, 0.717) is 30.5 Å². The zero-order valence-corrected chi connectivity index (χ0v) is 17.1. The van der Waals surface area contributed by atoms with Gasteiger partial charge in [-0.15, -0.1) is 0 Å².